The Morgan fingerprint density at radius 3 is 2.32 bits per heavy atom. The molecule has 0 saturated carbocycles. The monoisotopic (exact) mass is 431 g/mol. The van der Waals surface area contributed by atoms with Crippen LogP contribution in [0.4, 0.5) is 36.4 Å². The van der Waals surface area contributed by atoms with E-state index < -0.39 is 30.5 Å². The highest BCUT2D eigenvalue weighted by molar-refractivity contribution is 6.31. The summed E-state index contributed by atoms with van der Waals surface area (Å²) in [4.78, 5) is 16.3. The summed E-state index contributed by atoms with van der Waals surface area (Å²) in [7, 11) is 0. The zero-order chi connectivity index (χ0) is 21.3. The van der Waals surface area contributed by atoms with Crippen LogP contribution in [0.5, 0.6) is 0 Å². The maximum absolute atomic E-state index is 14.0. The molecular weight excluding hydrogens is 419 g/mol. The molecule has 0 spiro atoms. The van der Waals surface area contributed by atoms with Gasteiger partial charge in [-0.25, -0.2) is 0 Å². The number of halogens is 8. The van der Waals surface area contributed by atoms with Gasteiger partial charge in [0.15, 0.2) is 0 Å². The summed E-state index contributed by atoms with van der Waals surface area (Å²) < 4.78 is 92.0. The number of nitrogens with two attached hydrogens (primary N) is 1. The van der Waals surface area contributed by atoms with E-state index in [1.165, 1.54) is 18.2 Å². The number of hydrogen-bond acceptors (Lipinski definition) is 3. The second kappa shape index (κ2) is 7.70. The number of carbonyl (C=O) groups is 1. The number of amides is 1. The molecule has 1 amide bonds. The number of anilines is 1. The normalized spacial score (nSPS) is 13.0. The second-order valence-corrected chi connectivity index (χ2v) is 6.17. The van der Waals surface area contributed by atoms with E-state index in [0.717, 1.165) is 12.3 Å². The molecule has 1 aromatic heterocycles. The quantitative estimate of drug-likeness (QED) is 0.690. The van der Waals surface area contributed by atoms with Crippen LogP contribution >= 0.6 is 11.6 Å². The predicted octanol–water partition coefficient (Wildman–Crippen LogP) is 4.40. The fourth-order valence-electron chi connectivity index (χ4n) is 2.40. The predicted molar refractivity (Wildman–Crippen MR) is 88.7 cm³/mol. The molecule has 2 N–H and O–H groups in total. The van der Waals surface area contributed by atoms with Crippen molar-refractivity contribution < 1.29 is 35.5 Å². The number of aromatic nitrogens is 1. The third-order valence-corrected chi connectivity index (χ3v) is 4.06. The highest BCUT2D eigenvalue weighted by Crippen LogP contribution is 2.47. The van der Waals surface area contributed by atoms with Crippen LogP contribution in [0.3, 0.4) is 0 Å². The summed E-state index contributed by atoms with van der Waals surface area (Å²) >= 11 is 5.80. The molecule has 0 bridgehead atoms. The van der Waals surface area contributed by atoms with Crippen molar-refractivity contribution in [1.29, 1.82) is 0 Å². The minimum atomic E-state index is -6.63. The molecule has 0 aliphatic heterocycles. The van der Waals surface area contributed by atoms with Gasteiger partial charge in [0.05, 0.1) is 11.2 Å². The van der Waals surface area contributed by atoms with Crippen molar-refractivity contribution >= 4 is 34.1 Å². The molecule has 154 valence electrons. The third kappa shape index (κ3) is 3.86. The molecule has 28 heavy (non-hydrogen) atoms. The van der Waals surface area contributed by atoms with Crippen molar-refractivity contribution in [3.63, 3.8) is 0 Å². The Kier molecular flexibility index (Phi) is 6.10. The molecule has 0 radical (unpaired) electrons. The van der Waals surface area contributed by atoms with Crippen molar-refractivity contribution in [1.82, 2.24) is 4.98 Å². The fourth-order valence-corrected chi connectivity index (χ4v) is 2.57. The Balaban J connectivity index is 2.60. The first-order chi connectivity index (χ1) is 12.8. The van der Waals surface area contributed by atoms with Gasteiger partial charge >= 0.3 is 23.9 Å². The molecule has 4 nitrogen and oxygen atoms in total. The largest absolute Gasteiger partial charge is 0.460 e. The number of hydrogen-bond donors (Lipinski definition) is 1. The van der Waals surface area contributed by atoms with Gasteiger partial charge in [0.1, 0.15) is 0 Å². The molecule has 0 fully saturated rings. The van der Waals surface area contributed by atoms with Crippen LogP contribution in [0.2, 0.25) is 5.02 Å². The van der Waals surface area contributed by atoms with Gasteiger partial charge in [-0.1, -0.05) is 11.6 Å². The van der Waals surface area contributed by atoms with Crippen LogP contribution in [0, 0.1) is 0 Å². The van der Waals surface area contributed by atoms with Crippen molar-refractivity contribution in [3.05, 3.63) is 35.5 Å². The summed E-state index contributed by atoms with van der Waals surface area (Å²) in [5.74, 6) is -15.3. The number of carbonyl (C=O) groups excluding carboxylic acids is 1. The van der Waals surface area contributed by atoms with Crippen LogP contribution in [-0.2, 0) is 4.79 Å². The molecule has 0 atom stereocenters. The highest BCUT2D eigenvalue weighted by Gasteiger charge is 2.77. The Bertz CT molecular complexity index is 873. The summed E-state index contributed by atoms with van der Waals surface area (Å²) in [5, 5.41) is 0.273. The number of pyridine rings is 1. The van der Waals surface area contributed by atoms with Gasteiger partial charge in [0, 0.05) is 23.2 Å². The lowest BCUT2D eigenvalue weighted by atomic mass is 10.1. The van der Waals surface area contributed by atoms with E-state index in [0.29, 0.717) is 0 Å². The number of nitrogens with zero attached hydrogens (tertiary/aromatic N) is 2. The average molecular weight is 432 g/mol. The second-order valence-electron chi connectivity index (χ2n) is 5.74. The Labute approximate surface area is 159 Å². The van der Waals surface area contributed by atoms with Gasteiger partial charge in [-0.2, -0.15) is 30.7 Å². The van der Waals surface area contributed by atoms with Crippen molar-refractivity contribution in [2.75, 3.05) is 18.0 Å². The smallest absolute Gasteiger partial charge is 0.330 e. The van der Waals surface area contributed by atoms with Crippen molar-refractivity contribution in [2.24, 2.45) is 5.73 Å². The van der Waals surface area contributed by atoms with Crippen LogP contribution < -0.4 is 10.6 Å². The number of fused-ring (bicyclic) bond motifs is 1. The standard InChI is InChI=1S/C16H13ClF7N3O/c17-9-2-3-10-11(8-9)26-6-4-12(10)27(7-1-5-25)13(28)14(18,19)15(20,21)16(22,23)24/h2-4,6,8H,1,5,7,25H2. The van der Waals surface area contributed by atoms with E-state index >= 15 is 0 Å². The maximum atomic E-state index is 14.0. The number of benzene rings is 1. The Hall–Kier alpha value is -2.14. The molecule has 2 rings (SSSR count). The van der Waals surface area contributed by atoms with Gasteiger partial charge in [-0.3, -0.25) is 9.78 Å². The van der Waals surface area contributed by atoms with E-state index in [-0.39, 0.29) is 39.5 Å². The van der Waals surface area contributed by atoms with E-state index in [4.69, 9.17) is 17.3 Å². The summed E-state index contributed by atoms with van der Waals surface area (Å²) in [6.45, 7) is -0.736. The van der Waals surface area contributed by atoms with Crippen molar-refractivity contribution in [3.8, 4) is 0 Å². The van der Waals surface area contributed by atoms with Crippen LogP contribution in [0.15, 0.2) is 30.5 Å². The van der Waals surface area contributed by atoms with Gasteiger partial charge in [0.2, 0.25) is 0 Å². The summed E-state index contributed by atoms with van der Waals surface area (Å²) in [6.07, 6.45) is -5.67. The molecule has 0 unspecified atom stereocenters. The van der Waals surface area contributed by atoms with Crippen LogP contribution in [0.1, 0.15) is 6.42 Å². The van der Waals surface area contributed by atoms with Gasteiger partial charge in [-0.15, -0.1) is 0 Å². The van der Waals surface area contributed by atoms with Gasteiger partial charge in [-0.05, 0) is 37.2 Å². The van der Waals surface area contributed by atoms with Gasteiger partial charge < -0.3 is 10.6 Å². The lowest BCUT2D eigenvalue weighted by molar-refractivity contribution is -0.343. The SMILES string of the molecule is NCCCN(C(=O)C(F)(F)C(F)(F)C(F)(F)F)c1ccnc2cc(Cl)ccc12. The minimum Gasteiger partial charge on any atom is -0.330 e. The Morgan fingerprint density at radius 2 is 1.75 bits per heavy atom. The summed E-state index contributed by atoms with van der Waals surface area (Å²) in [5.41, 5.74) is 5.07. The zero-order valence-electron chi connectivity index (χ0n) is 13.9. The fraction of sp³-hybridized carbons (Fsp3) is 0.375. The minimum absolute atomic E-state index is 0.0587. The number of alkyl halides is 7. The topological polar surface area (TPSA) is 59.2 Å². The van der Waals surface area contributed by atoms with Crippen molar-refractivity contribution in [2.45, 2.75) is 24.4 Å². The molecule has 1 aromatic carbocycles. The van der Waals surface area contributed by atoms with Crippen LogP contribution in [-0.4, -0.2) is 42.0 Å². The molecule has 0 aliphatic rings. The van der Waals surface area contributed by atoms with E-state index in [2.05, 4.69) is 4.98 Å². The highest BCUT2D eigenvalue weighted by atomic mass is 35.5. The van der Waals surface area contributed by atoms with E-state index in [1.54, 1.807) is 0 Å². The number of rotatable bonds is 6. The average Bonchev–Trinajstić information content (AvgIpc) is 2.60. The molecule has 12 heteroatoms. The summed E-state index contributed by atoms with van der Waals surface area (Å²) in [6, 6.07) is 4.97. The first-order valence-corrected chi connectivity index (χ1v) is 8.11. The Morgan fingerprint density at radius 1 is 1.11 bits per heavy atom. The molecule has 0 saturated heterocycles. The first-order valence-electron chi connectivity index (χ1n) is 7.73. The maximum Gasteiger partial charge on any atom is 0.460 e. The van der Waals surface area contributed by atoms with E-state index in [1.807, 2.05) is 0 Å². The van der Waals surface area contributed by atoms with Gasteiger partial charge in [0.25, 0.3) is 0 Å². The molecule has 2 aromatic rings. The lowest BCUT2D eigenvalue weighted by Gasteiger charge is -2.32. The molecule has 0 aliphatic carbocycles. The van der Waals surface area contributed by atoms with E-state index in [9.17, 15) is 35.5 Å². The molecular formula is C16H13ClF7N3O. The lowest BCUT2D eigenvalue weighted by Crippen LogP contribution is -2.60. The third-order valence-electron chi connectivity index (χ3n) is 3.82. The first kappa shape index (κ1) is 22.2. The van der Waals surface area contributed by atoms with Crippen LogP contribution in [0.25, 0.3) is 10.9 Å². The zero-order valence-corrected chi connectivity index (χ0v) is 14.7. The molecule has 1 heterocycles.